The first-order valence-corrected chi connectivity index (χ1v) is 8.74. The minimum atomic E-state index is -0.910. The zero-order chi connectivity index (χ0) is 18.0. The lowest BCUT2D eigenvalue weighted by atomic mass is 9.96. The summed E-state index contributed by atoms with van der Waals surface area (Å²) >= 11 is 6.01. The Labute approximate surface area is 151 Å². The minimum Gasteiger partial charge on any atom is -0.478 e. The first-order valence-electron chi connectivity index (χ1n) is 8.36. The Balaban J connectivity index is 2.26. The molecule has 0 aliphatic rings. The number of benzene rings is 2. The third-order valence-corrected chi connectivity index (χ3v) is 4.76. The van der Waals surface area contributed by atoms with Crippen LogP contribution < -0.4 is 5.73 Å². The number of aromatic nitrogens is 1. The van der Waals surface area contributed by atoms with Crippen LogP contribution in [0.25, 0.3) is 22.2 Å². The number of carboxylic acids is 1. The van der Waals surface area contributed by atoms with Crippen molar-refractivity contribution < 1.29 is 9.90 Å². The second-order valence-corrected chi connectivity index (χ2v) is 6.65. The largest absolute Gasteiger partial charge is 0.478 e. The molecule has 5 heteroatoms. The molecular weight excluding hydrogens is 336 g/mol. The molecule has 0 amide bonds. The van der Waals surface area contributed by atoms with E-state index in [1.54, 1.807) is 6.07 Å². The van der Waals surface area contributed by atoms with Crippen molar-refractivity contribution in [3.63, 3.8) is 0 Å². The molecule has 0 unspecified atom stereocenters. The Morgan fingerprint density at radius 1 is 1.16 bits per heavy atom. The highest BCUT2D eigenvalue weighted by molar-refractivity contribution is 6.30. The van der Waals surface area contributed by atoms with Gasteiger partial charge in [0.15, 0.2) is 0 Å². The normalized spacial score (nSPS) is 11.2. The molecule has 0 atom stereocenters. The second-order valence-electron chi connectivity index (χ2n) is 6.22. The number of aryl methyl sites for hydroxylation is 2. The monoisotopic (exact) mass is 356 g/mol. The molecule has 0 fully saturated rings. The van der Waals surface area contributed by atoms with Crippen LogP contribution in [-0.4, -0.2) is 22.6 Å². The molecule has 130 valence electrons. The number of aromatic carboxylic acids is 1. The number of aromatic amines is 1. The van der Waals surface area contributed by atoms with Crippen molar-refractivity contribution in [2.45, 2.75) is 26.2 Å². The number of carboxylic acid groups (broad SMARTS) is 1. The molecule has 0 spiro atoms. The van der Waals surface area contributed by atoms with Gasteiger partial charge in [-0.2, -0.15) is 0 Å². The average molecular weight is 357 g/mol. The number of fused-ring (bicyclic) bond motifs is 1. The number of hydrogen-bond acceptors (Lipinski definition) is 2. The van der Waals surface area contributed by atoms with Gasteiger partial charge >= 0.3 is 5.97 Å². The smallest absolute Gasteiger partial charge is 0.336 e. The molecular formula is C20H21ClN2O2. The lowest BCUT2D eigenvalue weighted by Crippen LogP contribution is -2.01. The first-order chi connectivity index (χ1) is 12.0. The van der Waals surface area contributed by atoms with Crippen LogP contribution in [0.4, 0.5) is 0 Å². The third kappa shape index (κ3) is 3.41. The van der Waals surface area contributed by atoms with Crippen LogP contribution in [0, 0.1) is 6.92 Å². The standard InChI is InChI=1S/C20H21ClN2O2/c1-12-5-10-16(20(24)25)17-15(4-2-3-11-22)19(23-18(12)17)13-6-8-14(21)9-7-13/h5-10,23H,2-4,11,22H2,1H3,(H,24,25). The average Bonchev–Trinajstić information content (AvgIpc) is 2.96. The predicted octanol–water partition coefficient (Wildman–Crippen LogP) is 4.78. The van der Waals surface area contributed by atoms with Crippen LogP contribution in [0.1, 0.15) is 34.3 Å². The second kappa shape index (κ2) is 7.30. The lowest BCUT2D eigenvalue weighted by Gasteiger charge is -2.07. The van der Waals surface area contributed by atoms with Crippen molar-refractivity contribution >= 4 is 28.5 Å². The zero-order valence-corrected chi connectivity index (χ0v) is 14.9. The number of carbonyl (C=O) groups is 1. The van der Waals surface area contributed by atoms with E-state index in [9.17, 15) is 9.90 Å². The highest BCUT2D eigenvalue weighted by Gasteiger charge is 2.20. The van der Waals surface area contributed by atoms with E-state index >= 15 is 0 Å². The molecule has 2 aromatic carbocycles. The lowest BCUT2D eigenvalue weighted by molar-refractivity contribution is 0.0699. The number of halogens is 1. The maximum atomic E-state index is 11.7. The zero-order valence-electron chi connectivity index (χ0n) is 14.1. The Morgan fingerprint density at radius 3 is 2.52 bits per heavy atom. The summed E-state index contributed by atoms with van der Waals surface area (Å²) in [6.45, 7) is 2.61. The number of nitrogens with two attached hydrogens (primary N) is 1. The van der Waals surface area contributed by atoms with Crippen LogP contribution in [0.2, 0.25) is 5.02 Å². The van der Waals surface area contributed by atoms with E-state index in [0.717, 1.165) is 52.5 Å². The number of nitrogens with one attached hydrogen (secondary N) is 1. The molecule has 0 radical (unpaired) electrons. The maximum Gasteiger partial charge on any atom is 0.336 e. The first kappa shape index (κ1) is 17.5. The van der Waals surface area contributed by atoms with Crippen LogP contribution >= 0.6 is 11.6 Å². The molecule has 4 nitrogen and oxygen atoms in total. The van der Waals surface area contributed by atoms with Gasteiger partial charge in [-0.05, 0) is 67.6 Å². The van der Waals surface area contributed by atoms with Gasteiger partial charge in [0.1, 0.15) is 0 Å². The van der Waals surface area contributed by atoms with E-state index in [0.29, 0.717) is 17.1 Å². The SMILES string of the molecule is Cc1ccc(C(=O)O)c2c(CCCCN)c(-c3ccc(Cl)cc3)[nH]c12. The molecule has 4 N–H and O–H groups in total. The predicted molar refractivity (Wildman–Crippen MR) is 102 cm³/mol. The number of hydrogen-bond donors (Lipinski definition) is 3. The van der Waals surface area contributed by atoms with Gasteiger partial charge in [-0.1, -0.05) is 29.8 Å². The van der Waals surface area contributed by atoms with Gasteiger partial charge in [-0.25, -0.2) is 4.79 Å². The van der Waals surface area contributed by atoms with Crippen molar-refractivity contribution in [1.29, 1.82) is 0 Å². The van der Waals surface area contributed by atoms with Crippen LogP contribution in [0.5, 0.6) is 0 Å². The number of rotatable bonds is 6. The summed E-state index contributed by atoms with van der Waals surface area (Å²) < 4.78 is 0. The van der Waals surface area contributed by atoms with Crippen LogP contribution in [-0.2, 0) is 6.42 Å². The van der Waals surface area contributed by atoms with Crippen LogP contribution in [0.3, 0.4) is 0 Å². The quantitative estimate of drug-likeness (QED) is 0.556. The van der Waals surface area contributed by atoms with E-state index in [2.05, 4.69) is 4.98 Å². The van der Waals surface area contributed by atoms with Gasteiger partial charge in [0.25, 0.3) is 0 Å². The summed E-state index contributed by atoms with van der Waals surface area (Å²) in [7, 11) is 0. The van der Waals surface area contributed by atoms with Crippen molar-refractivity contribution in [3.05, 3.63) is 58.1 Å². The summed E-state index contributed by atoms with van der Waals surface area (Å²) in [5.74, 6) is -0.910. The summed E-state index contributed by atoms with van der Waals surface area (Å²) in [4.78, 5) is 15.2. The third-order valence-electron chi connectivity index (χ3n) is 4.51. The fourth-order valence-electron chi connectivity index (χ4n) is 3.24. The number of H-pyrrole nitrogens is 1. The molecule has 3 aromatic rings. The van der Waals surface area contributed by atoms with Crippen molar-refractivity contribution in [2.75, 3.05) is 6.54 Å². The summed E-state index contributed by atoms with van der Waals surface area (Å²) in [5.41, 5.74) is 10.9. The molecule has 1 heterocycles. The van der Waals surface area contributed by atoms with E-state index in [-0.39, 0.29) is 0 Å². The molecule has 0 saturated carbocycles. The summed E-state index contributed by atoms with van der Waals surface area (Å²) in [5, 5.41) is 11.1. The Hall–Kier alpha value is -2.30. The van der Waals surface area contributed by atoms with Crippen molar-refractivity contribution in [1.82, 2.24) is 4.98 Å². The van der Waals surface area contributed by atoms with Crippen molar-refractivity contribution in [2.24, 2.45) is 5.73 Å². The topological polar surface area (TPSA) is 79.1 Å². The maximum absolute atomic E-state index is 11.7. The highest BCUT2D eigenvalue weighted by Crippen LogP contribution is 2.35. The summed E-state index contributed by atoms with van der Waals surface area (Å²) in [6, 6.07) is 11.1. The molecule has 1 aromatic heterocycles. The summed E-state index contributed by atoms with van der Waals surface area (Å²) in [6.07, 6.45) is 2.59. The Morgan fingerprint density at radius 2 is 1.88 bits per heavy atom. The molecule has 0 aliphatic heterocycles. The molecule has 3 rings (SSSR count). The van der Waals surface area contributed by atoms with Gasteiger partial charge in [-0.15, -0.1) is 0 Å². The van der Waals surface area contributed by atoms with Gasteiger partial charge in [0.2, 0.25) is 0 Å². The molecule has 25 heavy (non-hydrogen) atoms. The highest BCUT2D eigenvalue weighted by atomic mass is 35.5. The van der Waals surface area contributed by atoms with E-state index in [1.165, 1.54) is 0 Å². The van der Waals surface area contributed by atoms with Gasteiger partial charge in [0, 0.05) is 21.6 Å². The molecule has 0 bridgehead atoms. The van der Waals surface area contributed by atoms with Crippen LogP contribution in [0.15, 0.2) is 36.4 Å². The fraction of sp³-hybridized carbons (Fsp3) is 0.250. The Bertz CT molecular complexity index is 914. The minimum absolute atomic E-state index is 0.333. The van der Waals surface area contributed by atoms with Gasteiger partial charge < -0.3 is 15.8 Å². The van der Waals surface area contributed by atoms with E-state index in [4.69, 9.17) is 17.3 Å². The van der Waals surface area contributed by atoms with Gasteiger partial charge in [0.05, 0.1) is 5.56 Å². The van der Waals surface area contributed by atoms with Gasteiger partial charge in [-0.3, -0.25) is 0 Å². The molecule has 0 aliphatic carbocycles. The van der Waals surface area contributed by atoms with Crippen molar-refractivity contribution in [3.8, 4) is 11.3 Å². The van der Waals surface area contributed by atoms with E-state index in [1.807, 2.05) is 37.3 Å². The Kier molecular flexibility index (Phi) is 5.11. The number of unbranched alkanes of at least 4 members (excludes halogenated alkanes) is 1. The van der Waals surface area contributed by atoms with E-state index < -0.39 is 5.97 Å². The fourth-order valence-corrected chi connectivity index (χ4v) is 3.37. The molecule has 0 saturated heterocycles.